The molecule has 3 aromatic rings. The van der Waals surface area contributed by atoms with Gasteiger partial charge in [0, 0.05) is 27.2 Å². The van der Waals surface area contributed by atoms with Crippen LogP contribution in [0, 0.1) is 0 Å². The van der Waals surface area contributed by atoms with Crippen molar-refractivity contribution in [1.82, 2.24) is 4.98 Å². The van der Waals surface area contributed by atoms with Crippen LogP contribution in [-0.4, -0.2) is 22.3 Å². The molecule has 5 rings (SSSR count). The second kappa shape index (κ2) is 11.4. The van der Waals surface area contributed by atoms with E-state index in [1.54, 1.807) is 6.07 Å². The first-order valence-electron chi connectivity index (χ1n) is 11.9. The number of aromatic amines is 1. The van der Waals surface area contributed by atoms with Crippen LogP contribution in [-0.2, 0) is 23.6 Å². The zero-order valence-corrected chi connectivity index (χ0v) is 23.3. The van der Waals surface area contributed by atoms with Crippen LogP contribution in [0.25, 0.3) is 10.9 Å². The monoisotopic (exact) mass is 679 g/mol. The molecule has 0 unspecified atom stereocenters. The number of ketones is 2. The van der Waals surface area contributed by atoms with Gasteiger partial charge in [-0.1, -0.05) is 31.9 Å². The Morgan fingerprint density at radius 1 is 0.769 bits per heavy atom. The number of hydrogen-bond donors (Lipinski definition) is 2. The summed E-state index contributed by atoms with van der Waals surface area (Å²) in [5.41, 5.74) is 2.02. The number of aryl methyl sites for hydroxylation is 1. The van der Waals surface area contributed by atoms with E-state index in [1.165, 1.54) is 12.1 Å². The molecule has 0 amide bonds. The number of hydrazone groups is 1. The predicted octanol–water partition coefficient (Wildman–Crippen LogP) is 8.85. The lowest BCUT2D eigenvalue weighted by atomic mass is 9.94. The number of nitrogens with zero attached hydrogens (tertiary/aromatic N) is 1. The second-order valence-corrected chi connectivity index (χ2v) is 10.9. The van der Waals surface area contributed by atoms with Gasteiger partial charge in [-0.15, -0.1) is 0 Å². The van der Waals surface area contributed by atoms with E-state index in [1.807, 2.05) is 0 Å². The topological polar surface area (TPSA) is 74.3 Å². The number of aromatic nitrogens is 1. The van der Waals surface area contributed by atoms with Crippen molar-refractivity contribution in [1.29, 1.82) is 0 Å². The molecule has 0 bridgehead atoms. The van der Waals surface area contributed by atoms with E-state index < -0.39 is 23.5 Å². The Balaban J connectivity index is 0.000000181. The summed E-state index contributed by atoms with van der Waals surface area (Å²) in [5, 5.41) is 4.33. The Bertz CT molecular complexity index is 1460. The number of anilines is 1. The highest BCUT2D eigenvalue weighted by Crippen LogP contribution is 2.40. The van der Waals surface area contributed by atoms with Gasteiger partial charge < -0.3 is 4.98 Å². The number of benzene rings is 2. The Hall–Kier alpha value is -2.67. The fourth-order valence-corrected chi connectivity index (χ4v) is 5.36. The molecule has 0 radical (unpaired) electrons. The minimum atomic E-state index is -4.48. The van der Waals surface area contributed by atoms with Gasteiger partial charge >= 0.3 is 12.4 Å². The van der Waals surface area contributed by atoms with Gasteiger partial charge in [0.25, 0.3) is 0 Å². The third-order valence-corrected chi connectivity index (χ3v) is 7.33. The molecule has 2 aromatic carbocycles. The van der Waals surface area contributed by atoms with Crippen LogP contribution in [0.4, 0.5) is 32.0 Å². The lowest BCUT2D eigenvalue weighted by molar-refractivity contribution is -0.137. The molecule has 5 nitrogen and oxygen atoms in total. The number of fused-ring (bicyclic) bond motifs is 3. The number of rotatable bonds is 2. The quantitative estimate of drug-likeness (QED) is 0.210. The van der Waals surface area contributed by atoms with Crippen molar-refractivity contribution >= 4 is 65.7 Å². The number of halogens is 8. The fourth-order valence-electron chi connectivity index (χ4n) is 4.54. The number of carbonyl (C=O) groups excluding carboxylic acids is 2. The van der Waals surface area contributed by atoms with Gasteiger partial charge in [0.05, 0.1) is 28.0 Å². The van der Waals surface area contributed by atoms with E-state index in [4.69, 9.17) is 0 Å². The van der Waals surface area contributed by atoms with Crippen molar-refractivity contribution in [2.75, 3.05) is 5.43 Å². The zero-order valence-electron chi connectivity index (χ0n) is 20.1. The molecule has 1 heterocycles. The second-order valence-electron chi connectivity index (χ2n) is 9.12. The standard InChI is InChI=1S/C13H12BrF3N2O.C13H9BrF3NO/c14-8-5-6-10(9(7-8)13(15,16)17)18-19-11-3-1-2-4-12(11)20;14-6-4-8-7-2-1-3-10(19)12(7)18-11(8)9(5-6)13(15,16)17/h5-7,18H,1-4H2;4-5,18H,1-3H2/b19-11+;. The normalized spacial score (nSPS) is 17.2. The summed E-state index contributed by atoms with van der Waals surface area (Å²) in [7, 11) is 0. The highest BCUT2D eigenvalue weighted by Gasteiger charge is 2.36. The Morgan fingerprint density at radius 2 is 1.41 bits per heavy atom. The first kappa shape index (κ1) is 29.3. The van der Waals surface area contributed by atoms with E-state index >= 15 is 0 Å². The first-order chi connectivity index (χ1) is 18.3. The molecule has 13 heteroatoms. The van der Waals surface area contributed by atoms with E-state index in [0.717, 1.165) is 25.0 Å². The van der Waals surface area contributed by atoms with E-state index in [9.17, 15) is 35.9 Å². The number of nitrogens with one attached hydrogen (secondary N) is 2. The number of carbonyl (C=O) groups is 2. The Labute approximate surface area is 235 Å². The molecule has 0 saturated heterocycles. The highest BCUT2D eigenvalue weighted by molar-refractivity contribution is 9.10. The minimum absolute atomic E-state index is 0.0101. The molecule has 2 aliphatic rings. The van der Waals surface area contributed by atoms with Crippen LogP contribution in [0.3, 0.4) is 0 Å². The molecule has 2 N–H and O–H groups in total. The van der Waals surface area contributed by atoms with Gasteiger partial charge in [0.15, 0.2) is 11.6 Å². The molecular formula is C26H21Br2F6N3O2. The van der Waals surface area contributed by atoms with Crippen LogP contribution in [0.15, 0.2) is 44.4 Å². The molecule has 2 aliphatic carbocycles. The summed E-state index contributed by atoms with van der Waals surface area (Å²) in [6.07, 6.45) is -4.66. The maximum Gasteiger partial charge on any atom is 0.418 e. The summed E-state index contributed by atoms with van der Waals surface area (Å²) in [5.74, 6) is -0.212. The predicted molar refractivity (Wildman–Crippen MR) is 142 cm³/mol. The molecule has 1 aromatic heterocycles. The number of alkyl halides is 6. The van der Waals surface area contributed by atoms with Crippen LogP contribution in [0.5, 0.6) is 0 Å². The average molecular weight is 681 g/mol. The van der Waals surface area contributed by atoms with Crippen molar-refractivity contribution in [3.05, 3.63) is 61.7 Å². The number of hydrogen-bond acceptors (Lipinski definition) is 4. The van der Waals surface area contributed by atoms with Gasteiger partial charge in [0.2, 0.25) is 0 Å². The first-order valence-corrected chi connectivity index (χ1v) is 13.5. The average Bonchev–Trinajstić information content (AvgIpc) is 3.22. The SMILES string of the molecule is O=C1CCCC/C1=N\Nc1ccc(Br)cc1C(F)(F)F.O=C1CCCc2c1[nH]c1c(C(F)(F)F)cc(Br)cc21. The molecule has 1 fully saturated rings. The van der Waals surface area contributed by atoms with Gasteiger partial charge in [-0.25, -0.2) is 0 Å². The lowest BCUT2D eigenvalue weighted by Crippen LogP contribution is -2.20. The van der Waals surface area contributed by atoms with Crippen molar-refractivity contribution in [3.8, 4) is 0 Å². The van der Waals surface area contributed by atoms with E-state index in [0.29, 0.717) is 63.4 Å². The Morgan fingerprint density at radius 3 is 2.08 bits per heavy atom. The smallest absolute Gasteiger partial charge is 0.351 e. The third-order valence-electron chi connectivity index (χ3n) is 6.38. The fraction of sp³-hybridized carbons (Fsp3) is 0.346. The molecule has 208 valence electrons. The van der Waals surface area contributed by atoms with Crippen LogP contribution in [0.2, 0.25) is 0 Å². The van der Waals surface area contributed by atoms with Gasteiger partial charge in [0.1, 0.15) is 5.71 Å². The van der Waals surface area contributed by atoms with Gasteiger partial charge in [-0.3, -0.25) is 15.0 Å². The zero-order chi connectivity index (χ0) is 28.5. The van der Waals surface area contributed by atoms with Crippen molar-refractivity contribution in [3.63, 3.8) is 0 Å². The maximum atomic E-state index is 13.0. The molecule has 0 spiro atoms. The molecule has 0 aliphatic heterocycles. The summed E-state index contributed by atoms with van der Waals surface area (Å²) in [6, 6.07) is 6.42. The number of Topliss-reactive ketones (excluding diaryl/α,β-unsaturated/α-hetero) is 2. The molecule has 1 saturated carbocycles. The van der Waals surface area contributed by atoms with Crippen molar-refractivity contribution < 1.29 is 35.9 Å². The summed E-state index contributed by atoms with van der Waals surface area (Å²) < 4.78 is 78.5. The largest absolute Gasteiger partial charge is 0.418 e. The highest BCUT2D eigenvalue weighted by atomic mass is 79.9. The third kappa shape index (κ3) is 6.74. The van der Waals surface area contributed by atoms with E-state index in [2.05, 4.69) is 47.4 Å². The van der Waals surface area contributed by atoms with Crippen LogP contribution < -0.4 is 5.43 Å². The van der Waals surface area contributed by atoms with Crippen molar-refractivity contribution in [2.24, 2.45) is 5.10 Å². The van der Waals surface area contributed by atoms with Crippen molar-refractivity contribution in [2.45, 2.75) is 57.3 Å². The molecular weight excluding hydrogens is 660 g/mol. The molecule has 39 heavy (non-hydrogen) atoms. The lowest BCUT2D eigenvalue weighted by Gasteiger charge is -2.15. The van der Waals surface area contributed by atoms with Gasteiger partial charge in [-0.2, -0.15) is 31.4 Å². The van der Waals surface area contributed by atoms with Crippen LogP contribution >= 0.6 is 31.9 Å². The molecule has 0 atom stereocenters. The summed E-state index contributed by atoms with van der Waals surface area (Å²) in [4.78, 5) is 26.0. The maximum absolute atomic E-state index is 13.0. The summed E-state index contributed by atoms with van der Waals surface area (Å²) in [6.45, 7) is 0. The van der Waals surface area contributed by atoms with E-state index in [-0.39, 0.29) is 22.8 Å². The van der Waals surface area contributed by atoms with Crippen LogP contribution in [0.1, 0.15) is 65.7 Å². The summed E-state index contributed by atoms with van der Waals surface area (Å²) >= 11 is 6.11. The minimum Gasteiger partial charge on any atom is -0.351 e. The Kier molecular flexibility index (Phi) is 8.60. The van der Waals surface area contributed by atoms with Gasteiger partial charge in [-0.05, 0) is 68.0 Å². The number of H-pyrrole nitrogens is 1.